The Balaban J connectivity index is 1.37. The number of para-hydroxylation sites is 1. The Kier molecular flexibility index (Phi) is 6.61. The van der Waals surface area contributed by atoms with E-state index in [-0.39, 0.29) is 21.0 Å². The van der Waals surface area contributed by atoms with Crippen molar-refractivity contribution in [1.29, 1.82) is 5.41 Å². The van der Waals surface area contributed by atoms with Gasteiger partial charge in [0.15, 0.2) is 5.84 Å². The molecule has 37 heavy (non-hydrogen) atoms. The van der Waals surface area contributed by atoms with Crippen molar-refractivity contribution >= 4 is 59.9 Å². The Morgan fingerprint density at radius 3 is 2.70 bits per heavy atom. The Labute approximate surface area is 217 Å². The van der Waals surface area contributed by atoms with Crippen molar-refractivity contribution in [3.8, 4) is 11.5 Å². The zero-order valence-electron chi connectivity index (χ0n) is 20.0. The quantitative estimate of drug-likeness (QED) is 0.359. The molecule has 0 saturated carbocycles. The number of rotatable bonds is 7. The molecule has 2 aliphatic heterocycles. The lowest BCUT2D eigenvalue weighted by Crippen LogP contribution is -2.35. The lowest BCUT2D eigenvalue weighted by molar-refractivity contribution is -0.114. The Morgan fingerprint density at radius 1 is 1.14 bits per heavy atom. The summed E-state index contributed by atoms with van der Waals surface area (Å²) >= 11 is 0.762. The number of nitrogens with one attached hydrogen (secondary N) is 1. The van der Waals surface area contributed by atoms with Crippen LogP contribution >= 0.6 is 11.8 Å². The maximum atomic E-state index is 12.8. The minimum Gasteiger partial charge on any atom is -0.497 e. The smallest absolute Gasteiger partial charge is 0.283 e. The number of ether oxygens (including phenoxy) is 2. The second-order valence-electron chi connectivity index (χ2n) is 8.33. The number of amidine groups is 2. The maximum Gasteiger partial charge on any atom is 0.283 e. The second kappa shape index (κ2) is 9.87. The first kappa shape index (κ1) is 24.8. The molecule has 0 spiro atoms. The fraction of sp³-hybridized carbons (Fsp3) is 0.200. The van der Waals surface area contributed by atoms with E-state index >= 15 is 0 Å². The van der Waals surface area contributed by atoms with Gasteiger partial charge in [-0.1, -0.05) is 24.3 Å². The van der Waals surface area contributed by atoms with Crippen LogP contribution in [0.1, 0.15) is 12.0 Å². The average Bonchev–Trinajstić information content (AvgIpc) is 3.47. The molecule has 2 aromatic carbocycles. The van der Waals surface area contributed by atoms with Gasteiger partial charge in [0.25, 0.3) is 5.91 Å². The number of sulfone groups is 1. The molecule has 1 aromatic heterocycles. The number of thioether (sulfide) groups is 1. The molecule has 10 nitrogen and oxygen atoms in total. The van der Waals surface area contributed by atoms with Gasteiger partial charge in [-0.05, 0) is 42.5 Å². The Bertz CT molecular complexity index is 1620. The van der Waals surface area contributed by atoms with Crippen LogP contribution < -0.4 is 9.47 Å². The first-order valence-corrected chi connectivity index (χ1v) is 14.0. The number of carbonyl (C=O) groups is 1. The number of hydrogen-bond donors (Lipinski definition) is 1. The number of hydrogen-bond acceptors (Lipinski definition) is 8. The van der Waals surface area contributed by atoms with E-state index in [1.807, 2.05) is 54.7 Å². The summed E-state index contributed by atoms with van der Waals surface area (Å²) in [6, 6.07) is 15.2. The molecule has 2 aliphatic rings. The Hall–Kier alpha value is -3.90. The van der Waals surface area contributed by atoms with Crippen LogP contribution in [0.4, 0.5) is 0 Å². The van der Waals surface area contributed by atoms with Crippen molar-refractivity contribution in [2.75, 3.05) is 20.0 Å². The van der Waals surface area contributed by atoms with E-state index in [2.05, 4.69) is 14.7 Å². The van der Waals surface area contributed by atoms with E-state index in [9.17, 15) is 13.2 Å². The highest BCUT2D eigenvalue weighted by Crippen LogP contribution is 2.31. The highest BCUT2D eigenvalue weighted by Gasteiger charge is 2.38. The number of aryl methyl sites for hydroxylation is 1. The zero-order valence-corrected chi connectivity index (χ0v) is 21.7. The lowest BCUT2D eigenvalue weighted by Gasteiger charge is -2.19. The van der Waals surface area contributed by atoms with E-state index in [0.717, 1.165) is 57.4 Å². The summed E-state index contributed by atoms with van der Waals surface area (Å²) < 4.78 is 36.7. The van der Waals surface area contributed by atoms with E-state index < -0.39 is 15.7 Å². The van der Waals surface area contributed by atoms with Crippen molar-refractivity contribution < 1.29 is 22.7 Å². The normalized spacial score (nSPS) is 16.7. The summed E-state index contributed by atoms with van der Waals surface area (Å²) in [4.78, 5) is 16.7. The van der Waals surface area contributed by atoms with Gasteiger partial charge in [-0.15, -0.1) is 5.10 Å². The number of amides is 1. The van der Waals surface area contributed by atoms with Crippen LogP contribution in [-0.2, 0) is 21.2 Å². The summed E-state index contributed by atoms with van der Waals surface area (Å²) in [7, 11) is -1.98. The molecule has 0 radical (unpaired) electrons. The summed E-state index contributed by atoms with van der Waals surface area (Å²) in [6.45, 7) is 1.18. The molecule has 5 rings (SSSR count). The number of aromatic nitrogens is 1. The van der Waals surface area contributed by atoms with Crippen LogP contribution in [0.25, 0.3) is 17.0 Å². The van der Waals surface area contributed by atoms with Crippen LogP contribution in [0.15, 0.2) is 70.4 Å². The summed E-state index contributed by atoms with van der Waals surface area (Å²) in [6.07, 6.45) is 5.29. The minimum atomic E-state index is -3.59. The van der Waals surface area contributed by atoms with Crippen LogP contribution in [-0.4, -0.2) is 59.3 Å². The molecule has 1 amide bonds. The minimum absolute atomic E-state index is 0.0344. The van der Waals surface area contributed by atoms with Crippen LogP contribution in [0.2, 0.25) is 0 Å². The summed E-state index contributed by atoms with van der Waals surface area (Å²) in [5.74, 6) is 0.636. The Morgan fingerprint density at radius 2 is 1.92 bits per heavy atom. The molecule has 0 bridgehead atoms. The zero-order chi connectivity index (χ0) is 26.2. The molecule has 0 aliphatic carbocycles. The molecule has 0 unspecified atom stereocenters. The molecule has 0 saturated heterocycles. The lowest BCUT2D eigenvalue weighted by atomic mass is 10.1. The van der Waals surface area contributed by atoms with Crippen molar-refractivity contribution in [2.45, 2.75) is 13.0 Å². The molecule has 190 valence electrons. The van der Waals surface area contributed by atoms with Gasteiger partial charge in [0, 0.05) is 41.5 Å². The maximum absolute atomic E-state index is 12.8. The number of methoxy groups -OCH3 is 1. The number of nitrogens with zero attached hydrogens (tertiary/aromatic N) is 4. The third-order valence-corrected chi connectivity index (χ3v) is 8.30. The van der Waals surface area contributed by atoms with Gasteiger partial charge < -0.3 is 14.0 Å². The van der Waals surface area contributed by atoms with Crippen LogP contribution in [0.3, 0.4) is 0 Å². The standard InChI is InChI=1S/C25H23N5O5S2/c1-34-17-7-5-8-18(14-17)35-12-6-11-29-15-16(19-9-3-4-10-21(19)29)13-20-22(26)30-24(27-23(20)31)36-25(28-30)37(2,32)33/h3-5,7-10,13-15,26H,6,11-12H2,1-2H3/b20-13-,26-22?. The molecule has 0 fully saturated rings. The first-order chi connectivity index (χ1) is 17.7. The van der Waals surface area contributed by atoms with Gasteiger partial charge in [0.2, 0.25) is 19.4 Å². The number of benzene rings is 2. The highest BCUT2D eigenvalue weighted by molar-refractivity contribution is 8.42. The van der Waals surface area contributed by atoms with Crippen molar-refractivity contribution in [3.63, 3.8) is 0 Å². The molecule has 12 heteroatoms. The largest absolute Gasteiger partial charge is 0.497 e. The molecule has 0 atom stereocenters. The van der Waals surface area contributed by atoms with Crippen LogP contribution in [0.5, 0.6) is 11.5 Å². The van der Waals surface area contributed by atoms with Crippen molar-refractivity contribution in [1.82, 2.24) is 9.58 Å². The van der Waals surface area contributed by atoms with Gasteiger partial charge in [-0.2, -0.15) is 10.0 Å². The number of carbonyl (C=O) groups excluding carboxylic acids is 1. The number of hydrazone groups is 1. The summed E-state index contributed by atoms with van der Waals surface area (Å²) in [5, 5.41) is 14.6. The number of aliphatic imine (C=N–C) groups is 1. The molecular formula is C25H23N5O5S2. The van der Waals surface area contributed by atoms with Gasteiger partial charge >= 0.3 is 0 Å². The van der Waals surface area contributed by atoms with E-state index in [1.54, 1.807) is 13.2 Å². The van der Waals surface area contributed by atoms with Crippen LogP contribution in [0, 0.1) is 5.41 Å². The highest BCUT2D eigenvalue weighted by atomic mass is 32.3. The second-order valence-corrected chi connectivity index (χ2v) is 11.5. The van der Waals surface area contributed by atoms with Gasteiger partial charge in [0.05, 0.1) is 19.3 Å². The van der Waals surface area contributed by atoms with E-state index in [4.69, 9.17) is 14.9 Å². The predicted octanol–water partition coefficient (Wildman–Crippen LogP) is 3.74. The molecular weight excluding hydrogens is 514 g/mol. The molecule has 3 heterocycles. The molecule has 1 N–H and O–H groups in total. The van der Waals surface area contributed by atoms with E-state index in [1.165, 1.54) is 0 Å². The van der Waals surface area contributed by atoms with Gasteiger partial charge in [-0.25, -0.2) is 8.42 Å². The fourth-order valence-electron chi connectivity index (χ4n) is 3.97. The predicted molar refractivity (Wildman–Crippen MR) is 145 cm³/mol. The third-order valence-electron chi connectivity index (χ3n) is 5.73. The number of fused-ring (bicyclic) bond motifs is 2. The van der Waals surface area contributed by atoms with Gasteiger partial charge in [-0.3, -0.25) is 10.2 Å². The topological polar surface area (TPSA) is 126 Å². The van der Waals surface area contributed by atoms with Crippen molar-refractivity contribution in [2.24, 2.45) is 10.1 Å². The molecule has 3 aromatic rings. The monoisotopic (exact) mass is 537 g/mol. The van der Waals surface area contributed by atoms with Gasteiger partial charge in [0.1, 0.15) is 11.5 Å². The summed E-state index contributed by atoms with van der Waals surface area (Å²) in [5.41, 5.74) is 1.76. The average molecular weight is 538 g/mol. The SMILES string of the molecule is COc1cccc(OCCCn2cc(/C=C3/C(=N)N4N=C(S(C)(=O)=O)SC4=NC3=O)c3ccccc32)c1. The first-order valence-electron chi connectivity index (χ1n) is 11.3. The van der Waals surface area contributed by atoms with Crippen molar-refractivity contribution in [3.05, 3.63) is 65.9 Å². The fourth-order valence-corrected chi connectivity index (χ4v) is 5.66. The van der Waals surface area contributed by atoms with E-state index in [0.29, 0.717) is 13.2 Å². The third kappa shape index (κ3) is 5.02.